The molecule has 0 saturated carbocycles. The molecule has 1 atom stereocenters. The Morgan fingerprint density at radius 2 is 2.11 bits per heavy atom. The van der Waals surface area contributed by atoms with Crippen molar-refractivity contribution in [1.82, 2.24) is 10.2 Å². The second-order valence-electron chi connectivity index (χ2n) is 5.37. The minimum Gasteiger partial charge on any atom is -0.389 e. The minimum absolute atomic E-state index is 0.390. The average molecular weight is 256 g/mol. The van der Waals surface area contributed by atoms with Gasteiger partial charge in [0.15, 0.2) is 0 Å². The van der Waals surface area contributed by atoms with Crippen LogP contribution in [0.5, 0.6) is 0 Å². The molecule has 0 aromatic carbocycles. The lowest BCUT2D eigenvalue weighted by Crippen LogP contribution is -2.45. The summed E-state index contributed by atoms with van der Waals surface area (Å²) in [4.78, 5) is 2.48. The number of aliphatic hydroxyl groups is 1. The maximum atomic E-state index is 9.57. The fourth-order valence-electron chi connectivity index (χ4n) is 2.19. The fraction of sp³-hybridized carbons (Fsp3) is 0.857. The zero-order valence-electron chi connectivity index (χ0n) is 12.0. The number of nitrogens with one attached hydrogen (secondary N) is 1. The lowest BCUT2D eigenvalue weighted by atomic mass is 10.0. The number of piperidine rings is 1. The summed E-state index contributed by atoms with van der Waals surface area (Å²) in [6.07, 6.45) is 4.22. The number of hydrogen-bond donors (Lipinski definition) is 2. The molecule has 0 bridgehead atoms. The van der Waals surface area contributed by atoms with Gasteiger partial charge in [0.1, 0.15) is 0 Å². The molecule has 1 aliphatic heterocycles. The molecule has 0 spiro atoms. The standard InChI is InChI=1S/C14H28N2O2/c1-12(2)4-7-16-8-5-13(6-9-16)15-10-14(17)11-18-3/h4,13-15,17H,5-11H2,1-3H3. The molecule has 18 heavy (non-hydrogen) atoms. The van der Waals surface area contributed by atoms with Gasteiger partial charge < -0.3 is 15.2 Å². The van der Waals surface area contributed by atoms with Gasteiger partial charge in [-0.15, -0.1) is 0 Å². The molecule has 0 radical (unpaired) electrons. The molecule has 1 rings (SSSR count). The predicted octanol–water partition coefficient (Wildman–Crippen LogP) is 1.01. The average Bonchev–Trinajstić information content (AvgIpc) is 2.35. The van der Waals surface area contributed by atoms with Crippen LogP contribution >= 0.6 is 0 Å². The van der Waals surface area contributed by atoms with Crippen LogP contribution in [0.25, 0.3) is 0 Å². The number of aliphatic hydroxyl groups excluding tert-OH is 1. The molecule has 1 heterocycles. The van der Waals surface area contributed by atoms with Gasteiger partial charge in [-0.1, -0.05) is 11.6 Å². The molecule has 2 N–H and O–H groups in total. The maximum Gasteiger partial charge on any atom is 0.0897 e. The summed E-state index contributed by atoms with van der Waals surface area (Å²) < 4.78 is 4.91. The Morgan fingerprint density at radius 3 is 2.67 bits per heavy atom. The first-order valence-electron chi connectivity index (χ1n) is 6.88. The first-order valence-corrected chi connectivity index (χ1v) is 6.88. The van der Waals surface area contributed by atoms with Crippen LogP contribution in [0.15, 0.2) is 11.6 Å². The lowest BCUT2D eigenvalue weighted by Gasteiger charge is -2.32. The molecule has 1 aliphatic rings. The number of likely N-dealkylation sites (tertiary alicyclic amines) is 1. The molecule has 1 fully saturated rings. The van der Waals surface area contributed by atoms with E-state index in [2.05, 4.69) is 30.1 Å². The van der Waals surface area contributed by atoms with E-state index in [0.717, 1.165) is 32.5 Å². The van der Waals surface area contributed by atoms with Crippen molar-refractivity contribution in [3.63, 3.8) is 0 Å². The van der Waals surface area contributed by atoms with E-state index in [-0.39, 0.29) is 0 Å². The van der Waals surface area contributed by atoms with Gasteiger partial charge in [0.2, 0.25) is 0 Å². The summed E-state index contributed by atoms with van der Waals surface area (Å²) in [6.45, 7) is 8.68. The smallest absolute Gasteiger partial charge is 0.0897 e. The van der Waals surface area contributed by atoms with E-state index in [1.165, 1.54) is 5.57 Å². The minimum atomic E-state index is -0.390. The van der Waals surface area contributed by atoms with Crippen LogP contribution in [0.4, 0.5) is 0 Å². The number of rotatable bonds is 7. The predicted molar refractivity (Wildman–Crippen MR) is 74.8 cm³/mol. The quantitative estimate of drug-likeness (QED) is 0.667. The van der Waals surface area contributed by atoms with Crippen LogP contribution in [-0.2, 0) is 4.74 Å². The molecule has 4 heteroatoms. The highest BCUT2D eigenvalue weighted by Crippen LogP contribution is 2.10. The van der Waals surface area contributed by atoms with Gasteiger partial charge in [0, 0.05) is 26.2 Å². The maximum absolute atomic E-state index is 9.57. The SMILES string of the molecule is COCC(O)CNC1CCN(CC=C(C)C)CC1. The van der Waals surface area contributed by atoms with Crippen LogP contribution in [0.3, 0.4) is 0 Å². The molecule has 0 aromatic rings. The van der Waals surface area contributed by atoms with Crippen molar-refractivity contribution in [2.24, 2.45) is 0 Å². The van der Waals surface area contributed by atoms with Crippen LogP contribution in [0, 0.1) is 0 Å². The Kier molecular flexibility index (Phi) is 7.51. The van der Waals surface area contributed by atoms with Crippen molar-refractivity contribution in [2.75, 3.05) is 39.9 Å². The van der Waals surface area contributed by atoms with E-state index >= 15 is 0 Å². The van der Waals surface area contributed by atoms with Gasteiger partial charge in [-0.2, -0.15) is 0 Å². The summed E-state index contributed by atoms with van der Waals surface area (Å²) in [5.74, 6) is 0. The summed E-state index contributed by atoms with van der Waals surface area (Å²) in [7, 11) is 1.62. The van der Waals surface area contributed by atoms with Crippen molar-refractivity contribution in [1.29, 1.82) is 0 Å². The summed E-state index contributed by atoms with van der Waals surface area (Å²) in [6, 6.07) is 0.541. The molecule has 0 amide bonds. The first-order chi connectivity index (χ1) is 8.61. The van der Waals surface area contributed by atoms with E-state index in [1.807, 2.05) is 0 Å². The van der Waals surface area contributed by atoms with Crippen molar-refractivity contribution < 1.29 is 9.84 Å². The van der Waals surface area contributed by atoms with Gasteiger partial charge >= 0.3 is 0 Å². The Morgan fingerprint density at radius 1 is 1.44 bits per heavy atom. The van der Waals surface area contributed by atoms with Crippen molar-refractivity contribution in [3.8, 4) is 0 Å². The van der Waals surface area contributed by atoms with Crippen LogP contribution in [0.1, 0.15) is 26.7 Å². The molecule has 0 aromatic heterocycles. The summed E-state index contributed by atoms with van der Waals surface area (Å²) >= 11 is 0. The Hall–Kier alpha value is -0.420. The van der Waals surface area contributed by atoms with E-state index in [4.69, 9.17) is 4.74 Å². The van der Waals surface area contributed by atoms with Crippen molar-refractivity contribution in [3.05, 3.63) is 11.6 Å². The van der Waals surface area contributed by atoms with Gasteiger partial charge in [-0.05, 0) is 39.8 Å². The fourth-order valence-corrected chi connectivity index (χ4v) is 2.19. The summed E-state index contributed by atoms with van der Waals surface area (Å²) in [5.41, 5.74) is 1.39. The molecule has 106 valence electrons. The van der Waals surface area contributed by atoms with Crippen LogP contribution in [-0.4, -0.2) is 62.0 Å². The molecule has 4 nitrogen and oxygen atoms in total. The Balaban J connectivity index is 2.13. The third kappa shape index (κ3) is 6.50. The zero-order chi connectivity index (χ0) is 13.4. The number of nitrogens with zero attached hydrogens (tertiary/aromatic N) is 1. The van der Waals surface area contributed by atoms with E-state index in [0.29, 0.717) is 19.2 Å². The van der Waals surface area contributed by atoms with E-state index in [1.54, 1.807) is 7.11 Å². The molecular formula is C14H28N2O2. The second-order valence-corrected chi connectivity index (χ2v) is 5.37. The highest BCUT2D eigenvalue weighted by molar-refractivity contribution is 4.95. The van der Waals surface area contributed by atoms with Crippen molar-refractivity contribution >= 4 is 0 Å². The van der Waals surface area contributed by atoms with Crippen LogP contribution in [0.2, 0.25) is 0 Å². The molecule has 1 saturated heterocycles. The normalized spacial score (nSPS) is 19.8. The van der Waals surface area contributed by atoms with E-state index < -0.39 is 6.10 Å². The highest BCUT2D eigenvalue weighted by atomic mass is 16.5. The zero-order valence-corrected chi connectivity index (χ0v) is 12.0. The number of methoxy groups -OCH3 is 1. The number of hydrogen-bond acceptors (Lipinski definition) is 4. The monoisotopic (exact) mass is 256 g/mol. The highest BCUT2D eigenvalue weighted by Gasteiger charge is 2.18. The van der Waals surface area contributed by atoms with Gasteiger partial charge in [-0.25, -0.2) is 0 Å². The Bertz CT molecular complexity index is 244. The van der Waals surface area contributed by atoms with Gasteiger partial charge in [-0.3, -0.25) is 4.90 Å². The second kappa shape index (κ2) is 8.64. The van der Waals surface area contributed by atoms with E-state index in [9.17, 15) is 5.11 Å². The number of ether oxygens (including phenoxy) is 1. The van der Waals surface area contributed by atoms with Crippen molar-refractivity contribution in [2.45, 2.75) is 38.8 Å². The number of allylic oxidation sites excluding steroid dienone is 1. The van der Waals surface area contributed by atoms with Gasteiger partial charge in [0.25, 0.3) is 0 Å². The summed E-state index contributed by atoms with van der Waals surface area (Å²) in [5, 5.41) is 13.0. The third-order valence-electron chi connectivity index (χ3n) is 3.35. The first kappa shape index (κ1) is 15.6. The topological polar surface area (TPSA) is 44.7 Å². The Labute approximate surface area is 111 Å². The molecular weight excluding hydrogens is 228 g/mol. The third-order valence-corrected chi connectivity index (χ3v) is 3.35. The lowest BCUT2D eigenvalue weighted by molar-refractivity contribution is 0.0605. The molecule has 0 aliphatic carbocycles. The van der Waals surface area contributed by atoms with Crippen LogP contribution < -0.4 is 5.32 Å². The largest absolute Gasteiger partial charge is 0.389 e. The van der Waals surface area contributed by atoms with Gasteiger partial charge in [0.05, 0.1) is 12.7 Å². The molecule has 1 unspecified atom stereocenters.